The Labute approximate surface area is 279 Å². The van der Waals surface area contributed by atoms with Gasteiger partial charge in [-0.3, -0.25) is 0 Å². The SMILES string of the molecule is CC1(C)OB(c2cccc3oc4ccc(-c5cccc(S(C6=CCCC=C6)(c6ccccc6)c6ccccc6)c5)cc4c23)OC1(C)C. The Balaban J connectivity index is 1.31. The van der Waals surface area contributed by atoms with Crippen molar-refractivity contribution in [1.82, 2.24) is 0 Å². The van der Waals surface area contributed by atoms with Gasteiger partial charge in [0.1, 0.15) is 11.2 Å². The normalized spacial score (nSPS) is 17.7. The molecular formula is C42H39BO3S. The molecule has 0 N–H and O–H groups in total. The molecule has 0 unspecified atom stereocenters. The number of benzene rings is 5. The van der Waals surface area contributed by atoms with Gasteiger partial charge in [-0.1, -0.05) is 85.0 Å². The minimum Gasteiger partial charge on any atom is -0.456 e. The molecule has 234 valence electrons. The lowest BCUT2D eigenvalue weighted by Crippen LogP contribution is -2.41. The highest BCUT2D eigenvalue weighted by Gasteiger charge is 2.52. The second kappa shape index (κ2) is 11.4. The average molecular weight is 635 g/mol. The van der Waals surface area contributed by atoms with Gasteiger partial charge in [0, 0.05) is 25.5 Å². The summed E-state index contributed by atoms with van der Waals surface area (Å²) in [5, 5.41) is 2.11. The van der Waals surface area contributed by atoms with Crippen LogP contribution in [0.15, 0.2) is 164 Å². The third kappa shape index (κ3) is 4.91. The summed E-state index contributed by atoms with van der Waals surface area (Å²) in [7, 11) is -2.23. The Morgan fingerprint density at radius 1 is 0.596 bits per heavy atom. The first-order chi connectivity index (χ1) is 22.8. The lowest BCUT2D eigenvalue weighted by molar-refractivity contribution is 0.00578. The zero-order valence-corrected chi connectivity index (χ0v) is 28.2. The molecule has 2 heterocycles. The van der Waals surface area contributed by atoms with E-state index in [0.717, 1.165) is 45.8 Å². The number of rotatable bonds is 6. The highest BCUT2D eigenvalue weighted by Crippen LogP contribution is 2.74. The molecule has 0 bridgehead atoms. The molecule has 0 spiro atoms. The van der Waals surface area contributed by atoms with Crippen LogP contribution in [0.3, 0.4) is 0 Å². The minimum atomic E-state index is -1.75. The van der Waals surface area contributed by atoms with E-state index in [1.54, 1.807) is 0 Å². The largest absolute Gasteiger partial charge is 0.495 e. The molecule has 0 atom stereocenters. The smallest absolute Gasteiger partial charge is 0.456 e. The Hall–Kier alpha value is -4.29. The second-order valence-corrected chi connectivity index (χ2v) is 16.6. The second-order valence-electron chi connectivity index (χ2n) is 13.5. The van der Waals surface area contributed by atoms with Crippen LogP contribution >= 0.6 is 10.0 Å². The molecule has 8 rings (SSSR count). The van der Waals surface area contributed by atoms with Crippen molar-refractivity contribution in [3.05, 3.63) is 144 Å². The number of furan rings is 1. The third-order valence-electron chi connectivity index (χ3n) is 10.1. The fourth-order valence-corrected chi connectivity index (χ4v) is 11.0. The van der Waals surface area contributed by atoms with E-state index < -0.39 is 28.3 Å². The van der Waals surface area contributed by atoms with Gasteiger partial charge in [-0.15, -0.1) is 10.0 Å². The summed E-state index contributed by atoms with van der Waals surface area (Å²) in [6.07, 6.45) is 9.29. The molecule has 0 radical (unpaired) electrons. The minimum absolute atomic E-state index is 0.430. The number of allylic oxidation sites excluding steroid dienone is 3. The first-order valence-corrected chi connectivity index (χ1v) is 18.1. The van der Waals surface area contributed by atoms with Crippen molar-refractivity contribution < 1.29 is 13.7 Å². The summed E-state index contributed by atoms with van der Waals surface area (Å²) < 4.78 is 19.4. The standard InChI is InChI=1S/C42H39BO3S/c1-41(2)42(3,4)46-43(45-41)37-24-15-25-39-40(37)36-29-31(26-27-38(36)44-39)30-16-14-23-35(28-30)47(32-17-8-5-9-18-32,33-19-10-6-11-20-33)34-21-12-7-13-22-34/h5-6,8-12,14-29H,7,13H2,1-4H3. The molecule has 6 aromatic rings. The molecule has 1 aromatic heterocycles. The summed E-state index contributed by atoms with van der Waals surface area (Å²) in [6, 6.07) is 44.1. The van der Waals surface area contributed by atoms with Crippen LogP contribution in [0.1, 0.15) is 40.5 Å². The first kappa shape index (κ1) is 30.1. The molecule has 1 saturated heterocycles. The van der Waals surface area contributed by atoms with E-state index in [9.17, 15) is 0 Å². The fourth-order valence-electron chi connectivity index (χ4n) is 6.95. The van der Waals surface area contributed by atoms with E-state index in [0.29, 0.717) is 0 Å². The topological polar surface area (TPSA) is 31.6 Å². The van der Waals surface area contributed by atoms with Crippen LogP contribution in [0.25, 0.3) is 33.1 Å². The number of fused-ring (bicyclic) bond motifs is 3. The Bertz CT molecular complexity index is 2110. The average Bonchev–Trinajstić information content (AvgIpc) is 3.58. The van der Waals surface area contributed by atoms with Crippen molar-refractivity contribution in [2.24, 2.45) is 0 Å². The Morgan fingerprint density at radius 3 is 1.89 bits per heavy atom. The van der Waals surface area contributed by atoms with Crippen LogP contribution in [0.5, 0.6) is 0 Å². The van der Waals surface area contributed by atoms with Gasteiger partial charge in [0.15, 0.2) is 0 Å². The maximum absolute atomic E-state index is 6.51. The van der Waals surface area contributed by atoms with Crippen LogP contribution in [0, 0.1) is 0 Å². The zero-order chi connectivity index (χ0) is 32.2. The van der Waals surface area contributed by atoms with E-state index in [1.165, 1.54) is 25.2 Å². The molecule has 1 aliphatic heterocycles. The summed E-state index contributed by atoms with van der Waals surface area (Å²) in [5.41, 5.74) is 4.16. The summed E-state index contributed by atoms with van der Waals surface area (Å²) in [5.74, 6) is 0. The van der Waals surface area contributed by atoms with Gasteiger partial charge in [0.2, 0.25) is 0 Å². The third-order valence-corrected chi connectivity index (χ3v) is 14.0. The van der Waals surface area contributed by atoms with Crippen molar-refractivity contribution in [3.8, 4) is 11.1 Å². The summed E-state index contributed by atoms with van der Waals surface area (Å²) in [6.45, 7) is 8.38. The molecule has 5 heteroatoms. The zero-order valence-electron chi connectivity index (χ0n) is 27.4. The lowest BCUT2D eigenvalue weighted by atomic mass is 9.76. The molecular weight excluding hydrogens is 595 g/mol. The van der Waals surface area contributed by atoms with E-state index in [-0.39, 0.29) is 0 Å². The lowest BCUT2D eigenvalue weighted by Gasteiger charge is -2.43. The summed E-state index contributed by atoms with van der Waals surface area (Å²) in [4.78, 5) is 5.39. The molecule has 47 heavy (non-hydrogen) atoms. The summed E-state index contributed by atoms with van der Waals surface area (Å²) >= 11 is 0. The molecule has 1 fully saturated rings. The number of hydrogen-bond donors (Lipinski definition) is 0. The monoisotopic (exact) mass is 634 g/mol. The van der Waals surface area contributed by atoms with E-state index in [1.807, 2.05) is 12.1 Å². The maximum Gasteiger partial charge on any atom is 0.495 e. The van der Waals surface area contributed by atoms with Crippen LogP contribution in [0.4, 0.5) is 0 Å². The van der Waals surface area contributed by atoms with Gasteiger partial charge in [-0.05, 0) is 117 Å². The number of hydrogen-bond acceptors (Lipinski definition) is 3. The maximum atomic E-state index is 6.51. The van der Waals surface area contributed by atoms with Gasteiger partial charge < -0.3 is 13.7 Å². The van der Waals surface area contributed by atoms with Crippen molar-refractivity contribution in [2.75, 3.05) is 0 Å². The van der Waals surface area contributed by atoms with Crippen molar-refractivity contribution in [1.29, 1.82) is 0 Å². The van der Waals surface area contributed by atoms with Gasteiger partial charge in [0.25, 0.3) is 0 Å². The molecule has 0 saturated carbocycles. The van der Waals surface area contributed by atoms with Crippen molar-refractivity contribution in [3.63, 3.8) is 0 Å². The molecule has 2 aliphatic rings. The van der Waals surface area contributed by atoms with Crippen LogP contribution < -0.4 is 5.46 Å². The predicted octanol–water partition coefficient (Wildman–Crippen LogP) is 11.1. The highest BCUT2D eigenvalue weighted by atomic mass is 32.3. The van der Waals surface area contributed by atoms with Gasteiger partial charge in [0.05, 0.1) is 11.2 Å². The highest BCUT2D eigenvalue weighted by molar-refractivity contribution is 8.37. The van der Waals surface area contributed by atoms with Crippen molar-refractivity contribution >= 4 is 44.5 Å². The molecule has 1 aliphatic carbocycles. The van der Waals surface area contributed by atoms with Gasteiger partial charge >= 0.3 is 7.12 Å². The van der Waals surface area contributed by atoms with Crippen LogP contribution in [-0.2, 0) is 9.31 Å². The quantitative estimate of drug-likeness (QED) is 0.171. The van der Waals surface area contributed by atoms with E-state index in [4.69, 9.17) is 13.7 Å². The van der Waals surface area contributed by atoms with Crippen molar-refractivity contribution in [2.45, 2.75) is 66.4 Å². The van der Waals surface area contributed by atoms with E-state index in [2.05, 4.69) is 155 Å². The van der Waals surface area contributed by atoms with Gasteiger partial charge in [-0.2, -0.15) is 0 Å². The van der Waals surface area contributed by atoms with Crippen LogP contribution in [0.2, 0.25) is 0 Å². The molecule has 5 aromatic carbocycles. The fraction of sp³-hybridized carbons (Fsp3) is 0.190. The van der Waals surface area contributed by atoms with E-state index >= 15 is 0 Å². The molecule has 3 nitrogen and oxygen atoms in total. The predicted molar refractivity (Wildman–Crippen MR) is 197 cm³/mol. The molecule has 0 amide bonds. The van der Waals surface area contributed by atoms with Crippen LogP contribution in [-0.4, -0.2) is 18.3 Å². The Morgan fingerprint density at radius 2 is 1.23 bits per heavy atom. The first-order valence-electron chi connectivity index (χ1n) is 16.5. The van der Waals surface area contributed by atoms with Gasteiger partial charge in [-0.25, -0.2) is 0 Å². The Kier molecular flexibility index (Phi) is 7.33.